The van der Waals surface area contributed by atoms with Crippen molar-refractivity contribution in [2.24, 2.45) is 11.8 Å². The highest BCUT2D eigenvalue weighted by atomic mass is 32.1. The minimum Gasteiger partial charge on any atom is -0.375 e. The fourth-order valence-corrected chi connectivity index (χ4v) is 5.10. The van der Waals surface area contributed by atoms with Crippen molar-refractivity contribution in [2.45, 2.75) is 45.2 Å². The number of rotatable bonds is 7. The number of nitrogens with one attached hydrogen (secondary N) is 1. The molecule has 2 aliphatic rings. The van der Waals surface area contributed by atoms with Gasteiger partial charge in [-0.05, 0) is 42.5 Å². The van der Waals surface area contributed by atoms with Crippen LogP contribution in [0.15, 0.2) is 17.5 Å². The maximum absolute atomic E-state index is 13.5. The van der Waals surface area contributed by atoms with Crippen LogP contribution in [0, 0.1) is 11.8 Å². The summed E-state index contributed by atoms with van der Waals surface area (Å²) in [7, 11) is 1.51. The maximum Gasteiger partial charge on any atom is 0.325 e. The van der Waals surface area contributed by atoms with Crippen LogP contribution in [0.25, 0.3) is 0 Å². The SMILES string of the molecule is COCC(=O)N1CCC(C2(CC(C)C)NC(=O)N(Cc3cccs3)C2=O)CC1. The van der Waals surface area contributed by atoms with E-state index in [2.05, 4.69) is 19.2 Å². The van der Waals surface area contributed by atoms with E-state index in [1.165, 1.54) is 12.0 Å². The van der Waals surface area contributed by atoms with Gasteiger partial charge in [0.2, 0.25) is 5.91 Å². The first-order chi connectivity index (χ1) is 13.4. The van der Waals surface area contributed by atoms with Crippen molar-refractivity contribution in [1.82, 2.24) is 15.1 Å². The number of likely N-dealkylation sites (tertiary alicyclic amines) is 1. The van der Waals surface area contributed by atoms with Crippen molar-refractivity contribution in [3.8, 4) is 0 Å². The van der Waals surface area contributed by atoms with Crippen molar-refractivity contribution >= 4 is 29.2 Å². The fraction of sp³-hybridized carbons (Fsp3) is 0.650. The van der Waals surface area contributed by atoms with Gasteiger partial charge in [0, 0.05) is 25.1 Å². The van der Waals surface area contributed by atoms with Crippen molar-refractivity contribution in [1.29, 1.82) is 0 Å². The van der Waals surface area contributed by atoms with E-state index in [9.17, 15) is 14.4 Å². The summed E-state index contributed by atoms with van der Waals surface area (Å²) in [5.74, 6) is 0.131. The number of carbonyl (C=O) groups excluding carboxylic acids is 3. The Morgan fingerprint density at radius 3 is 2.64 bits per heavy atom. The lowest BCUT2D eigenvalue weighted by Gasteiger charge is -2.41. The quantitative estimate of drug-likeness (QED) is 0.705. The molecule has 1 aromatic heterocycles. The summed E-state index contributed by atoms with van der Waals surface area (Å²) in [6.45, 7) is 5.70. The predicted octanol–water partition coefficient (Wildman–Crippen LogP) is 2.47. The molecule has 2 aliphatic heterocycles. The number of carbonyl (C=O) groups is 3. The van der Waals surface area contributed by atoms with Gasteiger partial charge in [-0.2, -0.15) is 0 Å². The first-order valence-electron chi connectivity index (χ1n) is 9.80. The largest absolute Gasteiger partial charge is 0.375 e. The third-order valence-electron chi connectivity index (χ3n) is 5.64. The average Bonchev–Trinajstić information content (AvgIpc) is 3.25. The second-order valence-corrected chi connectivity index (χ2v) is 9.09. The van der Waals surface area contributed by atoms with Gasteiger partial charge in [-0.15, -0.1) is 11.3 Å². The molecule has 2 saturated heterocycles. The zero-order valence-electron chi connectivity index (χ0n) is 16.8. The number of methoxy groups -OCH3 is 1. The van der Waals surface area contributed by atoms with Crippen LogP contribution >= 0.6 is 11.3 Å². The smallest absolute Gasteiger partial charge is 0.325 e. The molecule has 1 N–H and O–H groups in total. The Balaban J connectivity index is 1.77. The minimum atomic E-state index is -0.876. The molecule has 1 unspecified atom stereocenters. The van der Waals surface area contributed by atoms with Crippen LogP contribution in [0.4, 0.5) is 4.79 Å². The lowest BCUT2D eigenvalue weighted by Crippen LogP contribution is -2.57. The highest BCUT2D eigenvalue weighted by molar-refractivity contribution is 7.09. The summed E-state index contributed by atoms with van der Waals surface area (Å²) in [4.78, 5) is 42.4. The minimum absolute atomic E-state index is 0.0197. The van der Waals surface area contributed by atoms with Crippen LogP contribution in [0.5, 0.6) is 0 Å². The van der Waals surface area contributed by atoms with Crippen molar-refractivity contribution in [3.05, 3.63) is 22.4 Å². The van der Waals surface area contributed by atoms with Gasteiger partial charge in [0.05, 0.1) is 6.54 Å². The molecule has 28 heavy (non-hydrogen) atoms. The van der Waals surface area contributed by atoms with Crippen LogP contribution in [-0.4, -0.2) is 60.0 Å². The molecule has 4 amide bonds. The Bertz CT molecular complexity index is 713. The molecule has 0 aliphatic carbocycles. The third-order valence-corrected chi connectivity index (χ3v) is 6.50. The summed E-state index contributed by atoms with van der Waals surface area (Å²) in [5.41, 5.74) is -0.876. The highest BCUT2D eigenvalue weighted by Crippen LogP contribution is 2.38. The lowest BCUT2D eigenvalue weighted by atomic mass is 9.73. The molecule has 0 aromatic carbocycles. The van der Waals surface area contributed by atoms with Crippen LogP contribution in [0.3, 0.4) is 0 Å². The molecule has 8 heteroatoms. The molecule has 1 atom stereocenters. The van der Waals surface area contributed by atoms with Gasteiger partial charge in [0.25, 0.3) is 5.91 Å². The van der Waals surface area contributed by atoms with Gasteiger partial charge in [0.1, 0.15) is 12.1 Å². The normalized spacial score (nSPS) is 23.6. The van der Waals surface area contributed by atoms with Gasteiger partial charge in [0.15, 0.2) is 0 Å². The van der Waals surface area contributed by atoms with E-state index in [0.717, 1.165) is 4.88 Å². The Morgan fingerprint density at radius 2 is 2.07 bits per heavy atom. The molecule has 0 spiro atoms. The van der Waals surface area contributed by atoms with E-state index in [4.69, 9.17) is 4.74 Å². The van der Waals surface area contributed by atoms with Gasteiger partial charge in [-0.1, -0.05) is 19.9 Å². The van der Waals surface area contributed by atoms with E-state index in [-0.39, 0.29) is 36.3 Å². The van der Waals surface area contributed by atoms with Crippen molar-refractivity contribution < 1.29 is 19.1 Å². The van der Waals surface area contributed by atoms with Crippen LogP contribution in [0.2, 0.25) is 0 Å². The van der Waals surface area contributed by atoms with Gasteiger partial charge in [-0.25, -0.2) is 4.79 Å². The van der Waals surface area contributed by atoms with E-state index in [1.54, 1.807) is 16.2 Å². The number of urea groups is 1. The Kier molecular flexibility index (Phi) is 6.40. The Hall–Kier alpha value is -1.93. The molecule has 3 heterocycles. The molecule has 2 fully saturated rings. The molecular weight excluding hydrogens is 378 g/mol. The summed E-state index contributed by atoms with van der Waals surface area (Å²) >= 11 is 1.54. The van der Waals surface area contributed by atoms with Crippen LogP contribution in [-0.2, 0) is 20.9 Å². The van der Waals surface area contributed by atoms with E-state index in [0.29, 0.717) is 38.9 Å². The first kappa shape index (κ1) is 20.8. The second-order valence-electron chi connectivity index (χ2n) is 8.06. The van der Waals surface area contributed by atoms with Crippen molar-refractivity contribution in [2.75, 3.05) is 26.8 Å². The third kappa shape index (κ3) is 4.07. The van der Waals surface area contributed by atoms with E-state index >= 15 is 0 Å². The van der Waals surface area contributed by atoms with Gasteiger partial charge < -0.3 is 15.0 Å². The molecule has 0 saturated carbocycles. The average molecular weight is 408 g/mol. The van der Waals surface area contributed by atoms with Gasteiger partial charge in [-0.3, -0.25) is 14.5 Å². The molecular formula is C20H29N3O4S. The number of ether oxygens (including phenoxy) is 1. The van der Waals surface area contributed by atoms with E-state index in [1.807, 2.05) is 17.5 Å². The van der Waals surface area contributed by atoms with Gasteiger partial charge >= 0.3 is 6.03 Å². The molecule has 0 bridgehead atoms. The molecule has 0 radical (unpaired) electrons. The number of amides is 4. The molecule has 3 rings (SSSR count). The van der Waals surface area contributed by atoms with Crippen molar-refractivity contribution in [3.63, 3.8) is 0 Å². The predicted molar refractivity (Wildman–Crippen MR) is 107 cm³/mol. The molecule has 1 aromatic rings. The topological polar surface area (TPSA) is 79.0 Å². The second kappa shape index (κ2) is 8.61. The summed E-state index contributed by atoms with van der Waals surface area (Å²) in [5, 5.41) is 5.01. The zero-order valence-corrected chi connectivity index (χ0v) is 17.6. The number of hydrogen-bond acceptors (Lipinski definition) is 5. The maximum atomic E-state index is 13.5. The zero-order chi connectivity index (χ0) is 20.3. The molecule has 7 nitrogen and oxygen atoms in total. The van der Waals surface area contributed by atoms with Crippen LogP contribution < -0.4 is 5.32 Å². The number of nitrogens with zero attached hydrogens (tertiary/aromatic N) is 2. The summed E-state index contributed by atoms with van der Waals surface area (Å²) in [6, 6.07) is 3.55. The first-order valence-corrected chi connectivity index (χ1v) is 10.7. The highest BCUT2D eigenvalue weighted by Gasteiger charge is 2.56. The van der Waals surface area contributed by atoms with E-state index < -0.39 is 5.54 Å². The number of piperidine rings is 1. The monoisotopic (exact) mass is 407 g/mol. The summed E-state index contributed by atoms with van der Waals surface area (Å²) < 4.78 is 4.94. The number of thiophene rings is 1. The standard InChI is InChI=1S/C20H29N3O4S/c1-14(2)11-20(15-6-8-22(9-7-15)17(24)13-27-3)18(25)23(19(26)21-20)12-16-5-4-10-28-16/h4-5,10,14-15H,6-9,11-13H2,1-3H3,(H,21,26). The van der Waals surface area contributed by atoms with Crippen LogP contribution in [0.1, 0.15) is 38.0 Å². The number of hydrogen-bond donors (Lipinski definition) is 1. The summed E-state index contributed by atoms with van der Waals surface area (Å²) in [6.07, 6.45) is 2.00. The Labute approximate surface area is 170 Å². The fourth-order valence-electron chi connectivity index (χ4n) is 4.41. The lowest BCUT2D eigenvalue weighted by molar-refractivity contribution is -0.139. The Morgan fingerprint density at radius 1 is 1.36 bits per heavy atom. The molecule has 154 valence electrons. The number of imide groups is 1.